The maximum Gasteiger partial charge on any atom is 0.255 e. The topological polar surface area (TPSA) is 96.9 Å². The summed E-state index contributed by atoms with van der Waals surface area (Å²) in [7, 11) is 0. The highest BCUT2D eigenvalue weighted by atomic mass is 16.5. The zero-order chi connectivity index (χ0) is 15.1. The SMILES string of the molecule is NC(COc1ccccc1NC(=O)c1ccccc1)=NO. The normalized spacial score (nSPS) is 11.0. The van der Waals surface area contributed by atoms with Gasteiger partial charge in [0.1, 0.15) is 12.4 Å². The summed E-state index contributed by atoms with van der Waals surface area (Å²) in [6.07, 6.45) is 0. The molecular weight excluding hydrogens is 270 g/mol. The predicted molar refractivity (Wildman–Crippen MR) is 79.7 cm³/mol. The van der Waals surface area contributed by atoms with E-state index in [4.69, 9.17) is 15.7 Å². The number of carbonyl (C=O) groups excluding carboxylic acids is 1. The number of nitrogens with zero attached hydrogens (tertiary/aromatic N) is 1. The number of para-hydroxylation sites is 2. The Labute approximate surface area is 121 Å². The van der Waals surface area contributed by atoms with E-state index in [1.54, 1.807) is 48.5 Å². The number of hydrogen-bond acceptors (Lipinski definition) is 4. The van der Waals surface area contributed by atoms with Crippen LogP contribution < -0.4 is 15.8 Å². The van der Waals surface area contributed by atoms with Gasteiger partial charge in [-0.1, -0.05) is 35.5 Å². The Morgan fingerprint density at radius 3 is 2.52 bits per heavy atom. The minimum Gasteiger partial charge on any atom is -0.483 e. The first-order chi connectivity index (χ1) is 10.2. The first-order valence-corrected chi connectivity index (χ1v) is 6.25. The molecule has 2 aromatic carbocycles. The zero-order valence-electron chi connectivity index (χ0n) is 11.2. The van der Waals surface area contributed by atoms with Crippen molar-refractivity contribution in [3.8, 4) is 5.75 Å². The van der Waals surface area contributed by atoms with Gasteiger partial charge in [0.05, 0.1) is 5.69 Å². The van der Waals surface area contributed by atoms with E-state index in [1.165, 1.54) is 0 Å². The van der Waals surface area contributed by atoms with Gasteiger partial charge in [-0.15, -0.1) is 0 Å². The fourth-order valence-electron chi connectivity index (χ4n) is 1.66. The van der Waals surface area contributed by atoms with Gasteiger partial charge in [0.2, 0.25) is 0 Å². The number of benzene rings is 2. The monoisotopic (exact) mass is 285 g/mol. The number of anilines is 1. The molecule has 0 heterocycles. The molecule has 0 unspecified atom stereocenters. The summed E-state index contributed by atoms with van der Waals surface area (Å²) in [5.74, 6) is 0.142. The summed E-state index contributed by atoms with van der Waals surface area (Å²) in [6, 6.07) is 15.8. The van der Waals surface area contributed by atoms with E-state index < -0.39 is 0 Å². The van der Waals surface area contributed by atoms with Crippen LogP contribution in [-0.2, 0) is 0 Å². The summed E-state index contributed by atoms with van der Waals surface area (Å²) in [4.78, 5) is 12.1. The molecule has 6 nitrogen and oxygen atoms in total. The molecule has 2 rings (SSSR count). The summed E-state index contributed by atoms with van der Waals surface area (Å²) in [5, 5.41) is 14.1. The molecule has 108 valence electrons. The van der Waals surface area contributed by atoms with Crippen LogP contribution >= 0.6 is 0 Å². The third-order valence-corrected chi connectivity index (χ3v) is 2.68. The molecule has 0 aliphatic heterocycles. The average molecular weight is 285 g/mol. The fourth-order valence-corrected chi connectivity index (χ4v) is 1.66. The number of rotatable bonds is 5. The van der Waals surface area contributed by atoms with Crippen LogP contribution in [0.4, 0.5) is 5.69 Å². The average Bonchev–Trinajstić information content (AvgIpc) is 2.54. The second-order valence-electron chi connectivity index (χ2n) is 4.20. The Kier molecular flexibility index (Phi) is 4.76. The highest BCUT2D eigenvalue weighted by Crippen LogP contribution is 2.24. The van der Waals surface area contributed by atoms with E-state index in [0.717, 1.165) is 0 Å². The van der Waals surface area contributed by atoms with E-state index in [-0.39, 0.29) is 18.3 Å². The van der Waals surface area contributed by atoms with Crippen LogP contribution in [0, 0.1) is 0 Å². The molecule has 2 aromatic rings. The second-order valence-corrected chi connectivity index (χ2v) is 4.20. The number of carbonyl (C=O) groups is 1. The van der Waals surface area contributed by atoms with Gasteiger partial charge in [0.15, 0.2) is 5.84 Å². The van der Waals surface area contributed by atoms with Gasteiger partial charge >= 0.3 is 0 Å². The second kappa shape index (κ2) is 6.95. The van der Waals surface area contributed by atoms with Crippen LogP contribution in [0.25, 0.3) is 0 Å². The highest BCUT2D eigenvalue weighted by molar-refractivity contribution is 6.05. The van der Waals surface area contributed by atoms with Crippen molar-refractivity contribution >= 4 is 17.4 Å². The van der Waals surface area contributed by atoms with Crippen molar-refractivity contribution < 1.29 is 14.7 Å². The van der Waals surface area contributed by atoms with Gasteiger partial charge in [-0.2, -0.15) is 0 Å². The molecule has 0 aromatic heterocycles. The van der Waals surface area contributed by atoms with Crippen LogP contribution in [0.2, 0.25) is 0 Å². The lowest BCUT2D eigenvalue weighted by molar-refractivity contribution is 0.102. The molecular formula is C15H15N3O3. The molecule has 0 radical (unpaired) electrons. The number of nitrogens with two attached hydrogens (primary N) is 1. The van der Waals surface area contributed by atoms with Gasteiger partial charge in [-0.3, -0.25) is 4.79 Å². The van der Waals surface area contributed by atoms with Crippen LogP contribution in [0.5, 0.6) is 5.75 Å². The summed E-state index contributed by atoms with van der Waals surface area (Å²) < 4.78 is 5.40. The van der Waals surface area contributed by atoms with E-state index >= 15 is 0 Å². The third kappa shape index (κ3) is 3.97. The molecule has 0 saturated heterocycles. The lowest BCUT2D eigenvalue weighted by Gasteiger charge is -2.12. The molecule has 0 bridgehead atoms. The fraction of sp³-hybridized carbons (Fsp3) is 0.0667. The van der Waals surface area contributed by atoms with Crippen molar-refractivity contribution in [3.05, 3.63) is 60.2 Å². The lowest BCUT2D eigenvalue weighted by Crippen LogP contribution is -2.21. The van der Waals surface area contributed by atoms with E-state index in [9.17, 15) is 4.79 Å². The van der Waals surface area contributed by atoms with Crippen LogP contribution in [0.3, 0.4) is 0 Å². The molecule has 0 atom stereocenters. The van der Waals surface area contributed by atoms with Crippen molar-refractivity contribution in [2.75, 3.05) is 11.9 Å². The van der Waals surface area contributed by atoms with Gasteiger partial charge in [0.25, 0.3) is 5.91 Å². The van der Waals surface area contributed by atoms with Gasteiger partial charge in [0, 0.05) is 5.56 Å². The molecule has 0 saturated carbocycles. The molecule has 0 aliphatic rings. The molecule has 0 spiro atoms. The molecule has 6 heteroatoms. The van der Waals surface area contributed by atoms with Crippen LogP contribution in [-0.4, -0.2) is 23.6 Å². The highest BCUT2D eigenvalue weighted by Gasteiger charge is 2.09. The van der Waals surface area contributed by atoms with Crippen molar-refractivity contribution in [1.29, 1.82) is 0 Å². The van der Waals surface area contributed by atoms with Crippen molar-refractivity contribution in [1.82, 2.24) is 0 Å². The summed E-state index contributed by atoms with van der Waals surface area (Å²) in [5.41, 5.74) is 6.41. The standard InChI is InChI=1S/C15H15N3O3/c16-14(18-20)10-21-13-9-5-4-8-12(13)17-15(19)11-6-2-1-3-7-11/h1-9,20H,10H2,(H2,16,18)(H,17,19). The summed E-state index contributed by atoms with van der Waals surface area (Å²) in [6.45, 7) is -0.0747. The summed E-state index contributed by atoms with van der Waals surface area (Å²) >= 11 is 0. The van der Waals surface area contributed by atoms with Gasteiger partial charge in [-0.05, 0) is 24.3 Å². The molecule has 4 N–H and O–H groups in total. The number of hydrogen-bond donors (Lipinski definition) is 3. The van der Waals surface area contributed by atoms with E-state index in [1.807, 2.05) is 6.07 Å². The molecule has 1 amide bonds. The van der Waals surface area contributed by atoms with Crippen LogP contribution in [0.15, 0.2) is 59.8 Å². The Morgan fingerprint density at radius 2 is 1.81 bits per heavy atom. The largest absolute Gasteiger partial charge is 0.483 e. The van der Waals surface area contributed by atoms with Crippen LogP contribution in [0.1, 0.15) is 10.4 Å². The minimum absolute atomic E-state index is 0.0563. The Morgan fingerprint density at radius 1 is 1.14 bits per heavy atom. The van der Waals surface area contributed by atoms with Gasteiger partial charge < -0.3 is 21.0 Å². The maximum atomic E-state index is 12.1. The molecule has 0 fully saturated rings. The number of nitrogens with one attached hydrogen (secondary N) is 1. The number of amides is 1. The van der Waals surface area contributed by atoms with Crippen molar-refractivity contribution in [2.45, 2.75) is 0 Å². The van der Waals surface area contributed by atoms with E-state index in [2.05, 4.69) is 10.5 Å². The lowest BCUT2D eigenvalue weighted by atomic mass is 10.2. The first-order valence-electron chi connectivity index (χ1n) is 6.25. The molecule has 0 aliphatic carbocycles. The number of ether oxygens (including phenoxy) is 1. The van der Waals surface area contributed by atoms with Crippen molar-refractivity contribution in [2.24, 2.45) is 10.9 Å². The molecule has 21 heavy (non-hydrogen) atoms. The smallest absolute Gasteiger partial charge is 0.255 e. The Bertz CT molecular complexity index is 642. The number of amidine groups is 1. The van der Waals surface area contributed by atoms with E-state index in [0.29, 0.717) is 17.0 Å². The van der Waals surface area contributed by atoms with Crippen molar-refractivity contribution in [3.63, 3.8) is 0 Å². The maximum absolute atomic E-state index is 12.1. The third-order valence-electron chi connectivity index (χ3n) is 2.68. The zero-order valence-corrected chi connectivity index (χ0v) is 11.2. The Hall–Kier alpha value is -3.02. The Balaban J connectivity index is 2.11. The predicted octanol–water partition coefficient (Wildman–Crippen LogP) is 2.06. The number of oxime groups is 1. The first kappa shape index (κ1) is 14.4. The quantitative estimate of drug-likeness (QED) is 0.339. The van der Waals surface area contributed by atoms with Gasteiger partial charge in [-0.25, -0.2) is 0 Å². The minimum atomic E-state index is -0.240.